The number of aromatic amines is 1. The van der Waals surface area contributed by atoms with Crippen molar-refractivity contribution in [2.45, 2.75) is 39.3 Å². The van der Waals surface area contributed by atoms with Gasteiger partial charge in [0.25, 0.3) is 11.1 Å². The van der Waals surface area contributed by atoms with Crippen molar-refractivity contribution in [2.75, 3.05) is 30.9 Å². The average molecular weight is 533 g/mol. The quantitative estimate of drug-likeness (QED) is 0.281. The molecule has 0 radical (unpaired) electrons. The molecule has 2 heterocycles. The van der Waals surface area contributed by atoms with E-state index in [-0.39, 0.29) is 49.0 Å². The summed E-state index contributed by atoms with van der Waals surface area (Å²) in [4.78, 5) is 59.9. The van der Waals surface area contributed by atoms with Gasteiger partial charge in [-0.15, -0.1) is 0 Å². The predicted octanol–water partition coefficient (Wildman–Crippen LogP) is 2.04. The zero-order valence-electron chi connectivity index (χ0n) is 22.1. The topological polar surface area (TPSA) is 145 Å². The lowest BCUT2D eigenvalue weighted by molar-refractivity contribution is -0.118. The summed E-state index contributed by atoms with van der Waals surface area (Å²) < 4.78 is 7.85. The van der Waals surface area contributed by atoms with E-state index in [1.807, 2.05) is 49.4 Å². The van der Waals surface area contributed by atoms with E-state index >= 15 is 0 Å². The Hall–Kier alpha value is -4.51. The maximum absolute atomic E-state index is 13.4. The number of anilines is 2. The van der Waals surface area contributed by atoms with Gasteiger partial charge in [0.1, 0.15) is 5.82 Å². The molecule has 3 N–H and O–H groups in total. The van der Waals surface area contributed by atoms with Crippen LogP contribution in [0.15, 0.2) is 69.2 Å². The minimum absolute atomic E-state index is 0.0436. The molecular weight excluding hydrogens is 500 g/mol. The number of aromatic nitrogens is 4. The number of methoxy groups -OCH3 is 1. The Kier molecular flexibility index (Phi) is 8.72. The zero-order chi connectivity index (χ0) is 27.9. The molecule has 0 aliphatic carbocycles. The monoisotopic (exact) mass is 532 g/mol. The number of nitrogens with one attached hydrogen (secondary N) is 1. The van der Waals surface area contributed by atoms with Crippen molar-refractivity contribution in [3.8, 4) is 0 Å². The molecule has 11 nitrogen and oxygen atoms in total. The molecule has 4 rings (SSSR count). The molecule has 0 atom stereocenters. The number of ether oxygens (including phenoxy) is 1. The van der Waals surface area contributed by atoms with Gasteiger partial charge in [-0.2, -0.15) is 0 Å². The van der Waals surface area contributed by atoms with Crippen molar-refractivity contribution in [3.05, 3.63) is 97.2 Å². The molecule has 4 aromatic rings. The maximum Gasteiger partial charge on any atom is 0.330 e. The molecule has 0 spiro atoms. The SMILES string of the molecule is COCCCN(C(=O)CCCn1cnc2c(C)cccc2c1=O)c1c(N)n(Cc2ccccc2)c(=O)[nH]c1=O. The lowest BCUT2D eigenvalue weighted by atomic mass is 10.1. The number of carbonyl (C=O) groups is 1. The molecule has 0 saturated carbocycles. The second-order valence-electron chi connectivity index (χ2n) is 9.27. The van der Waals surface area contributed by atoms with Gasteiger partial charge in [-0.3, -0.25) is 28.5 Å². The Morgan fingerprint density at radius 2 is 1.85 bits per heavy atom. The number of nitrogens with two attached hydrogens (primary N) is 1. The number of para-hydroxylation sites is 1. The van der Waals surface area contributed by atoms with Crippen LogP contribution in [-0.4, -0.2) is 45.3 Å². The molecular formula is C28H32N6O5. The van der Waals surface area contributed by atoms with Gasteiger partial charge in [0.2, 0.25) is 5.91 Å². The number of rotatable bonds is 11. The van der Waals surface area contributed by atoms with Crippen LogP contribution < -0.4 is 27.4 Å². The summed E-state index contributed by atoms with van der Waals surface area (Å²) >= 11 is 0. The minimum atomic E-state index is -0.738. The summed E-state index contributed by atoms with van der Waals surface area (Å²) in [5.41, 5.74) is 7.07. The van der Waals surface area contributed by atoms with Gasteiger partial charge in [0.15, 0.2) is 5.69 Å². The highest BCUT2D eigenvalue weighted by Crippen LogP contribution is 2.20. The first-order valence-corrected chi connectivity index (χ1v) is 12.7. The van der Waals surface area contributed by atoms with Gasteiger partial charge in [-0.05, 0) is 37.0 Å². The van der Waals surface area contributed by atoms with Crippen LogP contribution in [0.4, 0.5) is 11.5 Å². The van der Waals surface area contributed by atoms with Crippen LogP contribution in [0, 0.1) is 6.92 Å². The van der Waals surface area contributed by atoms with Gasteiger partial charge in [-0.25, -0.2) is 9.78 Å². The standard InChI is InChI=1S/C28H32N6O5/c1-19-9-6-12-21-23(19)30-18-32(27(21)37)14-7-13-22(35)33(15-8-16-39-2)24-25(29)34(28(38)31-26(24)36)17-20-10-4-3-5-11-20/h3-6,9-12,18H,7-8,13-17,29H2,1-2H3,(H,31,36,38). The first kappa shape index (κ1) is 27.5. The van der Waals surface area contributed by atoms with E-state index in [1.54, 1.807) is 13.2 Å². The van der Waals surface area contributed by atoms with E-state index < -0.39 is 11.2 Å². The molecule has 39 heavy (non-hydrogen) atoms. The third-order valence-corrected chi connectivity index (χ3v) is 6.54. The molecule has 2 aromatic heterocycles. The Bertz CT molecular complexity index is 1640. The van der Waals surface area contributed by atoms with Crippen molar-refractivity contribution >= 4 is 28.3 Å². The third kappa shape index (κ3) is 6.15. The van der Waals surface area contributed by atoms with Crippen LogP contribution in [0.5, 0.6) is 0 Å². The van der Waals surface area contributed by atoms with Crippen LogP contribution >= 0.6 is 0 Å². The summed E-state index contributed by atoms with van der Waals surface area (Å²) in [6.07, 6.45) is 2.31. The summed E-state index contributed by atoms with van der Waals surface area (Å²) in [7, 11) is 1.55. The molecule has 0 fully saturated rings. The first-order chi connectivity index (χ1) is 18.8. The molecule has 1 amide bonds. The number of benzene rings is 2. The summed E-state index contributed by atoms with van der Waals surface area (Å²) in [6.45, 7) is 2.83. The number of nitrogens with zero attached hydrogens (tertiary/aromatic N) is 4. The Morgan fingerprint density at radius 1 is 1.08 bits per heavy atom. The number of nitrogen functional groups attached to an aromatic ring is 1. The molecule has 0 bridgehead atoms. The highest BCUT2D eigenvalue weighted by atomic mass is 16.5. The molecule has 0 unspecified atom stereocenters. The Labute approximate surface area is 224 Å². The number of aryl methyl sites for hydroxylation is 2. The van der Waals surface area contributed by atoms with E-state index in [1.165, 1.54) is 20.4 Å². The number of fused-ring (bicyclic) bond motifs is 1. The number of hydrogen-bond acceptors (Lipinski definition) is 7. The molecule has 0 aliphatic heterocycles. The van der Waals surface area contributed by atoms with Crippen molar-refractivity contribution < 1.29 is 9.53 Å². The lowest BCUT2D eigenvalue weighted by Crippen LogP contribution is -2.42. The predicted molar refractivity (Wildman–Crippen MR) is 150 cm³/mol. The van der Waals surface area contributed by atoms with Crippen molar-refractivity contribution in [1.82, 2.24) is 19.1 Å². The van der Waals surface area contributed by atoms with E-state index in [0.29, 0.717) is 30.4 Å². The number of amides is 1. The third-order valence-electron chi connectivity index (χ3n) is 6.54. The normalized spacial score (nSPS) is 11.1. The fourth-order valence-electron chi connectivity index (χ4n) is 4.52. The van der Waals surface area contributed by atoms with Crippen LogP contribution in [0.25, 0.3) is 10.9 Å². The fourth-order valence-corrected chi connectivity index (χ4v) is 4.52. The number of H-pyrrole nitrogens is 1. The maximum atomic E-state index is 13.4. The summed E-state index contributed by atoms with van der Waals surface area (Å²) in [6, 6.07) is 14.6. The summed E-state index contributed by atoms with van der Waals surface area (Å²) in [5.74, 6) is -0.449. The Balaban J connectivity index is 1.58. The van der Waals surface area contributed by atoms with Crippen LogP contribution in [0.1, 0.15) is 30.4 Å². The zero-order valence-corrected chi connectivity index (χ0v) is 22.1. The van der Waals surface area contributed by atoms with Crippen LogP contribution in [0.2, 0.25) is 0 Å². The fraction of sp³-hybridized carbons (Fsp3) is 0.321. The van der Waals surface area contributed by atoms with Crippen molar-refractivity contribution in [1.29, 1.82) is 0 Å². The highest BCUT2D eigenvalue weighted by Gasteiger charge is 2.24. The van der Waals surface area contributed by atoms with Gasteiger partial charge < -0.3 is 15.4 Å². The molecule has 204 valence electrons. The van der Waals surface area contributed by atoms with E-state index in [9.17, 15) is 19.2 Å². The lowest BCUT2D eigenvalue weighted by Gasteiger charge is -2.24. The van der Waals surface area contributed by atoms with Gasteiger partial charge >= 0.3 is 5.69 Å². The van der Waals surface area contributed by atoms with E-state index in [4.69, 9.17) is 10.5 Å². The average Bonchev–Trinajstić information content (AvgIpc) is 2.92. The molecule has 11 heteroatoms. The van der Waals surface area contributed by atoms with Gasteiger partial charge in [0, 0.05) is 33.2 Å². The second-order valence-corrected chi connectivity index (χ2v) is 9.27. The second kappa shape index (κ2) is 12.4. The van der Waals surface area contributed by atoms with Gasteiger partial charge in [0.05, 0.1) is 23.8 Å². The van der Waals surface area contributed by atoms with Crippen LogP contribution in [-0.2, 0) is 22.6 Å². The number of hydrogen-bond donors (Lipinski definition) is 2. The van der Waals surface area contributed by atoms with Gasteiger partial charge in [-0.1, -0.05) is 42.5 Å². The molecule has 0 saturated heterocycles. The van der Waals surface area contributed by atoms with Crippen molar-refractivity contribution in [3.63, 3.8) is 0 Å². The summed E-state index contributed by atoms with van der Waals surface area (Å²) in [5, 5.41) is 0.519. The highest BCUT2D eigenvalue weighted by molar-refractivity contribution is 5.95. The molecule has 0 aliphatic rings. The molecule has 2 aromatic carbocycles. The minimum Gasteiger partial charge on any atom is -0.385 e. The number of carbonyl (C=O) groups excluding carboxylic acids is 1. The first-order valence-electron chi connectivity index (χ1n) is 12.7. The van der Waals surface area contributed by atoms with Crippen LogP contribution in [0.3, 0.4) is 0 Å². The Morgan fingerprint density at radius 3 is 2.59 bits per heavy atom. The van der Waals surface area contributed by atoms with E-state index in [0.717, 1.165) is 11.1 Å². The smallest absolute Gasteiger partial charge is 0.330 e. The van der Waals surface area contributed by atoms with Crippen molar-refractivity contribution in [2.24, 2.45) is 0 Å². The van der Waals surface area contributed by atoms with E-state index in [2.05, 4.69) is 9.97 Å². The largest absolute Gasteiger partial charge is 0.385 e.